The van der Waals surface area contributed by atoms with Crippen LogP contribution in [-0.2, 0) is 11.3 Å². The lowest BCUT2D eigenvalue weighted by atomic mass is 9.89. The van der Waals surface area contributed by atoms with E-state index in [1.54, 1.807) is 0 Å². The fourth-order valence-corrected chi connectivity index (χ4v) is 4.32. The number of nitrogens with one attached hydrogen (secondary N) is 2. The van der Waals surface area contributed by atoms with E-state index >= 15 is 0 Å². The molecule has 0 radical (unpaired) electrons. The van der Waals surface area contributed by atoms with Crippen molar-refractivity contribution in [2.45, 2.75) is 32.4 Å². The largest absolute Gasteiger partial charge is 0.373 e. The van der Waals surface area contributed by atoms with E-state index in [1.807, 2.05) is 7.05 Å². The smallest absolute Gasteiger partial charge is 0.191 e. The highest BCUT2D eigenvalue weighted by molar-refractivity contribution is 14.0. The first kappa shape index (κ1) is 24.6. The molecule has 2 heterocycles. The number of hydrogen-bond acceptors (Lipinski definition) is 3. The lowest BCUT2D eigenvalue weighted by Gasteiger charge is -2.32. The van der Waals surface area contributed by atoms with Crippen LogP contribution in [0.4, 0.5) is 5.69 Å². The second-order valence-electron chi connectivity index (χ2n) is 8.45. The third-order valence-electron chi connectivity index (χ3n) is 6.19. The summed E-state index contributed by atoms with van der Waals surface area (Å²) < 4.78 is 6.16. The molecular formula is C26H35IN4O. The Kier molecular flexibility index (Phi) is 9.41. The molecule has 2 aliphatic heterocycles. The number of halogens is 1. The van der Waals surface area contributed by atoms with Crippen LogP contribution in [0, 0.1) is 12.8 Å². The predicted molar refractivity (Wildman–Crippen MR) is 144 cm³/mol. The number of guanidine groups is 1. The van der Waals surface area contributed by atoms with E-state index in [4.69, 9.17) is 4.74 Å². The van der Waals surface area contributed by atoms with Crippen LogP contribution in [-0.4, -0.2) is 39.2 Å². The summed E-state index contributed by atoms with van der Waals surface area (Å²) in [5, 5.41) is 6.97. The SMILES string of the molecule is CN=C(NCc1ccc(N2CC=CC2)cc1)NCC1CCCOC1c1ccc(C)cc1.I. The zero-order valence-electron chi connectivity index (χ0n) is 19.1. The lowest BCUT2D eigenvalue weighted by Crippen LogP contribution is -2.41. The molecular weight excluding hydrogens is 511 g/mol. The molecule has 2 aromatic carbocycles. The van der Waals surface area contributed by atoms with Gasteiger partial charge in [-0.05, 0) is 43.0 Å². The molecule has 2 atom stereocenters. The van der Waals surface area contributed by atoms with E-state index in [0.717, 1.165) is 51.6 Å². The van der Waals surface area contributed by atoms with Crippen molar-refractivity contribution in [2.24, 2.45) is 10.9 Å². The quantitative estimate of drug-likeness (QED) is 0.236. The van der Waals surface area contributed by atoms with Gasteiger partial charge >= 0.3 is 0 Å². The fourth-order valence-electron chi connectivity index (χ4n) is 4.32. The van der Waals surface area contributed by atoms with Gasteiger partial charge in [0.1, 0.15) is 0 Å². The predicted octanol–water partition coefficient (Wildman–Crippen LogP) is 4.82. The van der Waals surface area contributed by atoms with Crippen LogP contribution in [0.2, 0.25) is 0 Å². The fraction of sp³-hybridized carbons (Fsp3) is 0.423. The molecule has 5 nitrogen and oxygen atoms in total. The van der Waals surface area contributed by atoms with Gasteiger partial charge in [-0.3, -0.25) is 4.99 Å². The van der Waals surface area contributed by atoms with Crippen LogP contribution >= 0.6 is 24.0 Å². The molecule has 6 heteroatoms. The second kappa shape index (κ2) is 12.3. The van der Waals surface area contributed by atoms with Gasteiger partial charge in [0.15, 0.2) is 5.96 Å². The molecule has 0 saturated carbocycles. The molecule has 1 saturated heterocycles. The van der Waals surface area contributed by atoms with Gasteiger partial charge in [0.25, 0.3) is 0 Å². The molecule has 32 heavy (non-hydrogen) atoms. The number of nitrogens with zero attached hydrogens (tertiary/aromatic N) is 2. The molecule has 2 aromatic rings. The van der Waals surface area contributed by atoms with Gasteiger partial charge in [0, 0.05) is 51.4 Å². The molecule has 2 aliphatic rings. The van der Waals surface area contributed by atoms with E-state index in [9.17, 15) is 0 Å². The van der Waals surface area contributed by atoms with Crippen LogP contribution in [0.3, 0.4) is 0 Å². The van der Waals surface area contributed by atoms with Crippen LogP contribution in [0.25, 0.3) is 0 Å². The minimum absolute atomic E-state index is 0. The average molecular weight is 546 g/mol. The number of rotatable bonds is 6. The minimum Gasteiger partial charge on any atom is -0.373 e. The summed E-state index contributed by atoms with van der Waals surface area (Å²) in [5.41, 5.74) is 5.07. The maximum atomic E-state index is 6.16. The molecule has 0 bridgehead atoms. The maximum absolute atomic E-state index is 6.16. The van der Waals surface area contributed by atoms with Crippen molar-refractivity contribution in [1.82, 2.24) is 10.6 Å². The summed E-state index contributed by atoms with van der Waals surface area (Å²) in [7, 11) is 1.83. The highest BCUT2D eigenvalue weighted by Gasteiger charge is 2.27. The van der Waals surface area contributed by atoms with E-state index in [1.165, 1.54) is 22.4 Å². The number of anilines is 1. The third kappa shape index (κ3) is 6.48. The van der Waals surface area contributed by atoms with Crippen molar-refractivity contribution < 1.29 is 4.74 Å². The summed E-state index contributed by atoms with van der Waals surface area (Å²) in [6, 6.07) is 17.5. The number of aryl methyl sites for hydroxylation is 1. The first-order valence-electron chi connectivity index (χ1n) is 11.3. The lowest BCUT2D eigenvalue weighted by molar-refractivity contribution is -0.0265. The average Bonchev–Trinajstić information content (AvgIpc) is 3.35. The van der Waals surface area contributed by atoms with Crippen molar-refractivity contribution in [3.63, 3.8) is 0 Å². The van der Waals surface area contributed by atoms with E-state index in [-0.39, 0.29) is 30.1 Å². The molecule has 0 spiro atoms. The van der Waals surface area contributed by atoms with Gasteiger partial charge in [0.2, 0.25) is 0 Å². The Labute approximate surface area is 209 Å². The summed E-state index contributed by atoms with van der Waals surface area (Å²) in [4.78, 5) is 6.77. The number of aliphatic imine (C=N–C) groups is 1. The Bertz CT molecular complexity index is 887. The van der Waals surface area contributed by atoms with Crippen molar-refractivity contribution in [1.29, 1.82) is 0 Å². The number of hydrogen-bond donors (Lipinski definition) is 2. The maximum Gasteiger partial charge on any atom is 0.191 e. The van der Waals surface area contributed by atoms with Gasteiger partial charge < -0.3 is 20.3 Å². The molecule has 2 N–H and O–H groups in total. The summed E-state index contributed by atoms with van der Waals surface area (Å²) in [6.45, 7) is 6.56. The minimum atomic E-state index is 0. The normalized spacial score (nSPS) is 20.7. The van der Waals surface area contributed by atoms with Crippen LogP contribution in [0.15, 0.2) is 65.7 Å². The van der Waals surface area contributed by atoms with Crippen molar-refractivity contribution in [3.05, 3.63) is 77.4 Å². The zero-order valence-corrected chi connectivity index (χ0v) is 21.4. The number of benzene rings is 2. The van der Waals surface area contributed by atoms with Gasteiger partial charge in [0.05, 0.1) is 6.10 Å². The summed E-state index contributed by atoms with van der Waals surface area (Å²) in [5.74, 6) is 1.27. The highest BCUT2D eigenvalue weighted by atomic mass is 127. The molecule has 1 fully saturated rings. The molecule has 0 aliphatic carbocycles. The van der Waals surface area contributed by atoms with Crippen LogP contribution < -0.4 is 15.5 Å². The van der Waals surface area contributed by atoms with Crippen molar-refractivity contribution in [3.8, 4) is 0 Å². The van der Waals surface area contributed by atoms with Gasteiger partial charge in [-0.25, -0.2) is 0 Å². The zero-order chi connectivity index (χ0) is 21.5. The first-order chi connectivity index (χ1) is 15.2. The van der Waals surface area contributed by atoms with E-state index < -0.39 is 0 Å². The van der Waals surface area contributed by atoms with Gasteiger partial charge in [-0.1, -0.05) is 54.1 Å². The van der Waals surface area contributed by atoms with Gasteiger partial charge in [-0.15, -0.1) is 24.0 Å². The molecule has 0 amide bonds. The van der Waals surface area contributed by atoms with Crippen molar-refractivity contribution >= 4 is 35.6 Å². The second-order valence-corrected chi connectivity index (χ2v) is 8.45. The Morgan fingerprint density at radius 1 is 1.03 bits per heavy atom. The Balaban J connectivity index is 0.00000289. The molecule has 2 unspecified atom stereocenters. The van der Waals surface area contributed by atoms with Crippen molar-refractivity contribution in [2.75, 3.05) is 38.2 Å². The standard InChI is InChI=1S/C26H34N4O.HI/c1-20-7-11-22(12-8-20)25-23(6-5-17-31-25)19-29-26(27-2)28-18-21-9-13-24(14-10-21)30-15-3-4-16-30;/h3-4,7-14,23,25H,5-6,15-19H2,1-2H3,(H2,27,28,29);1H. The van der Waals surface area contributed by atoms with E-state index in [2.05, 4.69) is 88.1 Å². The monoisotopic (exact) mass is 546 g/mol. The Hall–Kier alpha value is -2.06. The van der Waals surface area contributed by atoms with Crippen LogP contribution in [0.1, 0.15) is 35.6 Å². The van der Waals surface area contributed by atoms with Crippen LogP contribution in [0.5, 0.6) is 0 Å². The molecule has 0 aromatic heterocycles. The summed E-state index contributed by atoms with van der Waals surface area (Å²) >= 11 is 0. The summed E-state index contributed by atoms with van der Waals surface area (Å²) in [6.07, 6.45) is 6.85. The Morgan fingerprint density at radius 2 is 1.75 bits per heavy atom. The molecule has 4 rings (SSSR count). The van der Waals surface area contributed by atoms with Gasteiger partial charge in [-0.2, -0.15) is 0 Å². The third-order valence-corrected chi connectivity index (χ3v) is 6.19. The van der Waals surface area contributed by atoms with E-state index in [0.29, 0.717) is 5.92 Å². The topological polar surface area (TPSA) is 48.9 Å². The first-order valence-corrected chi connectivity index (χ1v) is 11.3. The Morgan fingerprint density at radius 3 is 2.44 bits per heavy atom. The highest BCUT2D eigenvalue weighted by Crippen LogP contribution is 2.33. The number of ether oxygens (including phenoxy) is 1. The molecule has 172 valence electrons.